The normalized spacial score (nSPS) is 10.3. The molecule has 21 heavy (non-hydrogen) atoms. The molecule has 0 saturated heterocycles. The Hall–Kier alpha value is -1.52. The molecule has 1 heterocycles. The molecule has 116 valence electrons. The van der Waals surface area contributed by atoms with E-state index in [1.807, 2.05) is 13.1 Å². The van der Waals surface area contributed by atoms with Crippen LogP contribution < -0.4 is 10.6 Å². The Morgan fingerprint density at radius 3 is 2.81 bits per heavy atom. The van der Waals surface area contributed by atoms with Crippen LogP contribution in [0.5, 0.6) is 0 Å². The lowest BCUT2D eigenvalue weighted by Gasteiger charge is -2.05. The third-order valence-corrected chi connectivity index (χ3v) is 3.45. The summed E-state index contributed by atoms with van der Waals surface area (Å²) in [4.78, 5) is 14.8. The highest BCUT2D eigenvalue weighted by molar-refractivity contribution is 5.85. The third kappa shape index (κ3) is 5.40. The molecule has 3 N–H and O–H groups in total. The largest absolute Gasteiger partial charge is 0.361 e. The number of halogens is 1. The molecule has 0 aliphatic rings. The van der Waals surface area contributed by atoms with Crippen molar-refractivity contribution >= 4 is 29.2 Å². The molecule has 1 aromatic heterocycles. The fourth-order valence-electron chi connectivity index (χ4n) is 2.36. The van der Waals surface area contributed by atoms with Crippen LogP contribution in [0.3, 0.4) is 0 Å². The quantitative estimate of drug-likeness (QED) is 0.657. The van der Waals surface area contributed by atoms with Crippen molar-refractivity contribution in [2.45, 2.75) is 25.7 Å². The van der Waals surface area contributed by atoms with Gasteiger partial charge in [0.1, 0.15) is 0 Å². The van der Waals surface area contributed by atoms with E-state index in [-0.39, 0.29) is 18.3 Å². The van der Waals surface area contributed by atoms with Gasteiger partial charge in [0.25, 0.3) is 0 Å². The molecular weight excluding hydrogens is 286 g/mol. The number of carbonyl (C=O) groups is 1. The van der Waals surface area contributed by atoms with Crippen molar-refractivity contribution in [2.24, 2.45) is 0 Å². The van der Waals surface area contributed by atoms with Gasteiger partial charge >= 0.3 is 0 Å². The lowest BCUT2D eigenvalue weighted by Crippen LogP contribution is -2.25. The minimum Gasteiger partial charge on any atom is -0.361 e. The molecule has 5 heteroatoms. The first-order valence-electron chi connectivity index (χ1n) is 7.27. The summed E-state index contributed by atoms with van der Waals surface area (Å²) < 4.78 is 0. The number of fused-ring (bicyclic) bond motifs is 1. The molecule has 0 aliphatic heterocycles. The van der Waals surface area contributed by atoms with Crippen molar-refractivity contribution in [3.8, 4) is 0 Å². The van der Waals surface area contributed by atoms with E-state index < -0.39 is 0 Å². The summed E-state index contributed by atoms with van der Waals surface area (Å²) in [6, 6.07) is 8.32. The van der Waals surface area contributed by atoms with Gasteiger partial charge in [-0.25, -0.2) is 0 Å². The second-order valence-corrected chi connectivity index (χ2v) is 5.02. The number of hydrogen-bond acceptors (Lipinski definition) is 2. The standard InChI is InChI=1S/C16H23N3O.ClH/c1-17-10-5-9-16(20)18-11-4-6-13-12-19-15-8-3-2-7-14(13)15;/h2-3,7-8,12,17,19H,4-6,9-11H2,1H3,(H,18,20);1H. The van der Waals surface area contributed by atoms with Crippen molar-refractivity contribution in [1.29, 1.82) is 0 Å². The first kappa shape index (κ1) is 17.5. The monoisotopic (exact) mass is 309 g/mol. The summed E-state index contributed by atoms with van der Waals surface area (Å²) in [7, 11) is 1.90. The molecule has 0 fully saturated rings. The number of aryl methyl sites for hydroxylation is 1. The Labute approximate surface area is 132 Å². The molecule has 2 aromatic rings. The minimum absolute atomic E-state index is 0. The number of benzene rings is 1. The van der Waals surface area contributed by atoms with Gasteiger partial charge in [0.15, 0.2) is 0 Å². The zero-order chi connectivity index (χ0) is 14.2. The van der Waals surface area contributed by atoms with Crippen LogP contribution in [-0.2, 0) is 11.2 Å². The number of aromatic nitrogens is 1. The van der Waals surface area contributed by atoms with Crippen LogP contribution in [-0.4, -0.2) is 31.0 Å². The maximum Gasteiger partial charge on any atom is 0.220 e. The smallest absolute Gasteiger partial charge is 0.220 e. The summed E-state index contributed by atoms with van der Waals surface area (Å²) in [5, 5.41) is 7.30. The van der Waals surface area contributed by atoms with Gasteiger partial charge in [0.05, 0.1) is 0 Å². The molecule has 0 atom stereocenters. The minimum atomic E-state index is 0. The predicted octanol–water partition coefficient (Wildman–Crippen LogP) is 2.64. The lowest BCUT2D eigenvalue weighted by molar-refractivity contribution is -0.121. The van der Waals surface area contributed by atoms with Crippen LogP contribution in [0, 0.1) is 0 Å². The Bertz CT molecular complexity index is 553. The van der Waals surface area contributed by atoms with E-state index in [2.05, 4.69) is 40.0 Å². The SMILES string of the molecule is CNCCCC(=O)NCCCc1c[nH]c2ccccc12.Cl. The summed E-state index contributed by atoms with van der Waals surface area (Å²) in [5.41, 5.74) is 2.50. The van der Waals surface area contributed by atoms with E-state index in [0.29, 0.717) is 6.42 Å². The summed E-state index contributed by atoms with van der Waals surface area (Å²) >= 11 is 0. The summed E-state index contributed by atoms with van der Waals surface area (Å²) in [6.07, 6.45) is 5.53. The molecule has 1 amide bonds. The number of H-pyrrole nitrogens is 1. The first-order valence-corrected chi connectivity index (χ1v) is 7.27. The molecule has 0 unspecified atom stereocenters. The van der Waals surface area contributed by atoms with Gasteiger partial charge in [-0.3, -0.25) is 4.79 Å². The number of amides is 1. The number of carbonyl (C=O) groups excluding carboxylic acids is 1. The van der Waals surface area contributed by atoms with E-state index in [9.17, 15) is 4.79 Å². The topological polar surface area (TPSA) is 56.9 Å². The third-order valence-electron chi connectivity index (χ3n) is 3.45. The highest BCUT2D eigenvalue weighted by Gasteiger charge is 2.03. The van der Waals surface area contributed by atoms with E-state index >= 15 is 0 Å². The Kier molecular flexibility index (Phi) is 7.87. The van der Waals surface area contributed by atoms with Gasteiger partial charge in [-0.1, -0.05) is 18.2 Å². The second kappa shape index (κ2) is 9.42. The molecule has 4 nitrogen and oxygen atoms in total. The van der Waals surface area contributed by atoms with Crippen LogP contribution in [0.4, 0.5) is 0 Å². The number of nitrogens with one attached hydrogen (secondary N) is 3. The fraction of sp³-hybridized carbons (Fsp3) is 0.438. The molecule has 0 bridgehead atoms. The summed E-state index contributed by atoms with van der Waals surface area (Å²) in [6.45, 7) is 1.64. The molecular formula is C16H24ClN3O. The van der Waals surface area contributed by atoms with E-state index in [1.165, 1.54) is 16.5 Å². The van der Waals surface area contributed by atoms with Gasteiger partial charge in [-0.2, -0.15) is 0 Å². The van der Waals surface area contributed by atoms with Crippen molar-refractivity contribution in [3.63, 3.8) is 0 Å². The fourth-order valence-corrected chi connectivity index (χ4v) is 2.36. The molecule has 0 saturated carbocycles. The van der Waals surface area contributed by atoms with Crippen LogP contribution >= 0.6 is 12.4 Å². The van der Waals surface area contributed by atoms with E-state index in [1.54, 1.807) is 0 Å². The molecule has 0 aliphatic carbocycles. The maximum absolute atomic E-state index is 11.5. The average Bonchev–Trinajstić information content (AvgIpc) is 2.87. The number of hydrogen-bond donors (Lipinski definition) is 3. The van der Waals surface area contributed by atoms with Gasteiger partial charge < -0.3 is 15.6 Å². The molecule has 0 radical (unpaired) electrons. The second-order valence-electron chi connectivity index (χ2n) is 5.02. The maximum atomic E-state index is 11.5. The van der Waals surface area contributed by atoms with Gasteiger partial charge in [-0.15, -0.1) is 12.4 Å². The zero-order valence-corrected chi connectivity index (χ0v) is 13.3. The first-order chi connectivity index (χ1) is 9.81. The van der Waals surface area contributed by atoms with Gasteiger partial charge in [-0.05, 0) is 44.5 Å². The van der Waals surface area contributed by atoms with E-state index in [4.69, 9.17) is 0 Å². The van der Waals surface area contributed by atoms with Crippen LogP contribution in [0.25, 0.3) is 10.9 Å². The molecule has 2 rings (SSSR count). The Balaban J connectivity index is 0.00000220. The van der Waals surface area contributed by atoms with Gasteiger partial charge in [0.2, 0.25) is 5.91 Å². The van der Waals surface area contributed by atoms with Crippen molar-refractivity contribution in [1.82, 2.24) is 15.6 Å². The average molecular weight is 310 g/mol. The Morgan fingerprint density at radius 2 is 2.00 bits per heavy atom. The van der Waals surface area contributed by atoms with Crippen molar-refractivity contribution in [2.75, 3.05) is 20.1 Å². The number of aromatic amines is 1. The number of rotatable bonds is 8. The Morgan fingerprint density at radius 1 is 1.19 bits per heavy atom. The highest BCUT2D eigenvalue weighted by Crippen LogP contribution is 2.18. The molecule has 0 spiro atoms. The van der Waals surface area contributed by atoms with Gasteiger partial charge in [0, 0.05) is 30.1 Å². The lowest BCUT2D eigenvalue weighted by atomic mass is 10.1. The van der Waals surface area contributed by atoms with Crippen LogP contribution in [0.2, 0.25) is 0 Å². The summed E-state index contributed by atoms with van der Waals surface area (Å²) in [5.74, 6) is 0.152. The van der Waals surface area contributed by atoms with E-state index in [0.717, 1.165) is 32.4 Å². The van der Waals surface area contributed by atoms with Crippen molar-refractivity contribution in [3.05, 3.63) is 36.0 Å². The zero-order valence-electron chi connectivity index (χ0n) is 12.4. The molecule has 1 aromatic carbocycles. The van der Waals surface area contributed by atoms with Crippen LogP contribution in [0.15, 0.2) is 30.5 Å². The van der Waals surface area contributed by atoms with Crippen LogP contribution in [0.1, 0.15) is 24.8 Å². The van der Waals surface area contributed by atoms with Crippen molar-refractivity contribution < 1.29 is 4.79 Å². The highest BCUT2D eigenvalue weighted by atomic mass is 35.5. The predicted molar refractivity (Wildman–Crippen MR) is 90.0 cm³/mol. The number of para-hydroxylation sites is 1.